The first-order chi connectivity index (χ1) is 30.9. The zero-order valence-corrected chi connectivity index (χ0v) is 35.0. The van der Waals surface area contributed by atoms with Crippen LogP contribution < -0.4 is 0 Å². The van der Waals surface area contributed by atoms with Gasteiger partial charge in [-0.1, -0.05) is 72.8 Å². The Balaban J connectivity index is 0.904. The first kappa shape index (κ1) is 42.8. The number of carbonyl (C=O) groups is 1. The lowest BCUT2D eigenvalue weighted by atomic mass is 10.0. The molecule has 0 aliphatic rings. The summed E-state index contributed by atoms with van der Waals surface area (Å²) in [6, 6.07) is 47.5. The van der Waals surface area contributed by atoms with Crippen molar-refractivity contribution in [1.82, 2.24) is 0 Å². The van der Waals surface area contributed by atoms with E-state index in [0.29, 0.717) is 28.1 Å². The fraction of sp³-hybridized carbons (Fsp3) is 0.0426. The number of nitrogens with zero attached hydrogens (tertiary/aromatic N) is 8. The van der Waals surface area contributed by atoms with E-state index in [1.54, 1.807) is 30.3 Å². The molecular formula is C47H34N8O7S2. The Hall–Kier alpha value is -7.83. The van der Waals surface area contributed by atoms with Gasteiger partial charge in [-0.3, -0.25) is 13.9 Å². The summed E-state index contributed by atoms with van der Waals surface area (Å²) in [5.74, 6) is 0.0165. The van der Waals surface area contributed by atoms with Gasteiger partial charge in [0.2, 0.25) is 0 Å². The molecule has 0 aromatic heterocycles. The maximum atomic E-state index is 13.1. The molecule has 0 aliphatic heterocycles. The number of fused-ring (bicyclic) bond motifs is 2. The largest absolute Gasteiger partial charge is 0.299 e. The first-order valence-corrected chi connectivity index (χ1v) is 22.3. The van der Waals surface area contributed by atoms with E-state index in [4.69, 9.17) is 0 Å². The monoisotopic (exact) mass is 886 g/mol. The van der Waals surface area contributed by atoms with E-state index in [2.05, 4.69) is 40.9 Å². The molecule has 17 heteroatoms. The van der Waals surface area contributed by atoms with Crippen LogP contribution in [0.1, 0.15) is 11.1 Å². The number of rotatable bonds is 14. The zero-order chi connectivity index (χ0) is 44.7. The van der Waals surface area contributed by atoms with Crippen molar-refractivity contribution in [3.8, 4) is 0 Å². The Kier molecular flexibility index (Phi) is 12.5. The van der Waals surface area contributed by atoms with Crippen molar-refractivity contribution < 1.29 is 30.7 Å². The average Bonchev–Trinajstić information content (AvgIpc) is 3.29. The highest BCUT2D eigenvalue weighted by atomic mass is 32.2. The van der Waals surface area contributed by atoms with Crippen molar-refractivity contribution in [3.05, 3.63) is 181 Å². The second-order valence-corrected chi connectivity index (χ2v) is 17.1. The van der Waals surface area contributed by atoms with Gasteiger partial charge >= 0.3 is 0 Å². The van der Waals surface area contributed by atoms with Gasteiger partial charge in [0.25, 0.3) is 20.2 Å². The standard InChI is InChI=1S/C47H34N8O7S2/c56-37(28-31-10-14-34(15-11-31)49-53-45-25-24-44(40-8-4-5-9-41(40)45)52-48-33-6-2-1-3-7-33)29-32-12-16-35(17-13-32)50-54-46-26-27-47(43-30-39(64(60,61)62)22-23-42(43)46)55-51-36-18-20-38(21-19-36)63(57,58)59/h1-27,30H,28-29H2,(H,57,58,59)(H,60,61,62). The molecule has 8 aromatic rings. The molecule has 0 bridgehead atoms. The summed E-state index contributed by atoms with van der Waals surface area (Å²) in [7, 11) is -8.96. The Morgan fingerprint density at radius 1 is 0.359 bits per heavy atom. The molecule has 0 heterocycles. The molecule has 0 saturated carbocycles. The smallest absolute Gasteiger partial charge is 0.294 e. The maximum Gasteiger partial charge on any atom is 0.294 e. The summed E-state index contributed by atoms with van der Waals surface area (Å²) in [6.45, 7) is 0. The molecule has 64 heavy (non-hydrogen) atoms. The minimum atomic E-state index is -4.56. The van der Waals surface area contributed by atoms with Crippen LogP contribution in [0.4, 0.5) is 45.5 Å². The van der Waals surface area contributed by atoms with Crippen molar-refractivity contribution in [2.75, 3.05) is 0 Å². The summed E-state index contributed by atoms with van der Waals surface area (Å²) < 4.78 is 65.6. The van der Waals surface area contributed by atoms with Gasteiger partial charge in [-0.25, -0.2) is 0 Å². The molecule has 0 amide bonds. The van der Waals surface area contributed by atoms with Gasteiger partial charge in [-0.15, -0.1) is 20.5 Å². The lowest BCUT2D eigenvalue weighted by Crippen LogP contribution is -2.06. The summed E-state index contributed by atoms with van der Waals surface area (Å²) in [5, 5.41) is 37.3. The van der Waals surface area contributed by atoms with Crippen LogP contribution in [0.25, 0.3) is 21.5 Å². The summed E-state index contributed by atoms with van der Waals surface area (Å²) in [4.78, 5) is 12.4. The van der Waals surface area contributed by atoms with E-state index in [9.17, 15) is 30.7 Å². The van der Waals surface area contributed by atoms with E-state index in [1.165, 1.54) is 36.4 Å². The Morgan fingerprint density at radius 2 is 0.703 bits per heavy atom. The number of Topliss-reactive ketones (excluding diaryl/α,β-unsaturated/α-hetero) is 1. The zero-order valence-electron chi connectivity index (χ0n) is 33.4. The normalized spacial score (nSPS) is 12.4. The average molecular weight is 887 g/mol. The molecule has 2 N–H and O–H groups in total. The molecule has 0 unspecified atom stereocenters. The highest BCUT2D eigenvalue weighted by Gasteiger charge is 2.15. The Bertz CT molecular complexity index is 3380. The van der Waals surface area contributed by atoms with Crippen molar-refractivity contribution >= 4 is 93.1 Å². The van der Waals surface area contributed by atoms with Crippen molar-refractivity contribution in [2.45, 2.75) is 22.6 Å². The van der Waals surface area contributed by atoms with Crippen LogP contribution in [0.15, 0.2) is 221 Å². The third kappa shape index (κ3) is 10.6. The van der Waals surface area contributed by atoms with Gasteiger partial charge in [0.15, 0.2) is 0 Å². The second kappa shape index (κ2) is 18.6. The Labute approximate surface area is 366 Å². The Morgan fingerprint density at radius 3 is 1.12 bits per heavy atom. The van der Waals surface area contributed by atoms with Crippen LogP contribution in [0, 0.1) is 0 Å². The molecular weight excluding hydrogens is 853 g/mol. The lowest BCUT2D eigenvalue weighted by molar-refractivity contribution is -0.117. The molecule has 0 fully saturated rings. The van der Waals surface area contributed by atoms with Crippen LogP contribution in [-0.2, 0) is 37.9 Å². The molecule has 0 spiro atoms. The number of azo groups is 4. The fourth-order valence-electron chi connectivity index (χ4n) is 6.58. The molecule has 0 radical (unpaired) electrons. The quantitative estimate of drug-likeness (QED) is 0.0792. The lowest BCUT2D eigenvalue weighted by Gasteiger charge is -2.07. The number of hydrogen-bond donors (Lipinski definition) is 2. The summed E-state index contributed by atoms with van der Waals surface area (Å²) in [6.07, 6.45) is 0.430. The van der Waals surface area contributed by atoms with Gasteiger partial charge in [0.05, 0.1) is 55.3 Å². The third-order valence-electron chi connectivity index (χ3n) is 9.78. The molecule has 0 saturated heterocycles. The number of benzene rings is 8. The number of hydrogen-bond acceptors (Lipinski definition) is 13. The predicted molar refractivity (Wildman–Crippen MR) is 242 cm³/mol. The molecule has 15 nitrogen and oxygen atoms in total. The van der Waals surface area contributed by atoms with Gasteiger partial charge in [0, 0.05) is 34.4 Å². The summed E-state index contributed by atoms with van der Waals surface area (Å²) in [5.41, 5.74) is 5.79. The number of carbonyl (C=O) groups excluding carboxylic acids is 1. The minimum Gasteiger partial charge on any atom is -0.299 e. The van der Waals surface area contributed by atoms with Gasteiger partial charge in [0.1, 0.15) is 5.78 Å². The third-order valence-corrected chi connectivity index (χ3v) is 11.5. The molecule has 8 rings (SSSR count). The van der Waals surface area contributed by atoms with Crippen LogP contribution in [0.3, 0.4) is 0 Å². The van der Waals surface area contributed by atoms with E-state index >= 15 is 0 Å². The highest BCUT2D eigenvalue weighted by Crippen LogP contribution is 2.38. The van der Waals surface area contributed by atoms with Crippen molar-refractivity contribution in [2.24, 2.45) is 40.9 Å². The van der Waals surface area contributed by atoms with E-state index in [-0.39, 0.29) is 45.2 Å². The molecule has 316 valence electrons. The van der Waals surface area contributed by atoms with Crippen LogP contribution in [0.2, 0.25) is 0 Å². The van der Waals surface area contributed by atoms with Crippen molar-refractivity contribution in [1.29, 1.82) is 0 Å². The highest BCUT2D eigenvalue weighted by molar-refractivity contribution is 7.86. The van der Waals surface area contributed by atoms with E-state index in [1.807, 2.05) is 91.0 Å². The molecule has 0 aliphatic carbocycles. The van der Waals surface area contributed by atoms with Crippen LogP contribution in [-0.4, -0.2) is 31.7 Å². The SMILES string of the molecule is O=C(Cc1ccc(N=Nc2ccc(N=Nc3ccccc3)c3ccccc23)cc1)Cc1ccc(N=Nc2ccc(N=Nc3ccc(S(=O)(=O)O)cc3)c3cc(S(=O)(=O)O)ccc23)cc1. The van der Waals surface area contributed by atoms with Gasteiger partial charge in [-0.2, -0.15) is 37.3 Å². The van der Waals surface area contributed by atoms with E-state index in [0.717, 1.165) is 45.4 Å². The van der Waals surface area contributed by atoms with Crippen LogP contribution in [0.5, 0.6) is 0 Å². The molecule has 8 aromatic carbocycles. The first-order valence-electron chi connectivity index (χ1n) is 19.4. The van der Waals surface area contributed by atoms with Crippen LogP contribution >= 0.6 is 0 Å². The summed E-state index contributed by atoms with van der Waals surface area (Å²) >= 11 is 0. The van der Waals surface area contributed by atoms with Gasteiger partial charge in [-0.05, 0) is 108 Å². The topological polar surface area (TPSA) is 225 Å². The van der Waals surface area contributed by atoms with Crippen molar-refractivity contribution in [3.63, 3.8) is 0 Å². The second-order valence-electron chi connectivity index (χ2n) is 14.3. The number of ketones is 1. The van der Waals surface area contributed by atoms with E-state index < -0.39 is 20.2 Å². The fourth-order valence-corrected chi connectivity index (χ4v) is 7.56. The minimum absolute atomic E-state index is 0.0165. The predicted octanol–water partition coefficient (Wildman–Crippen LogP) is 13.5. The molecule has 0 atom stereocenters. The van der Waals surface area contributed by atoms with Gasteiger partial charge < -0.3 is 0 Å². The maximum absolute atomic E-state index is 13.1.